The van der Waals surface area contributed by atoms with Gasteiger partial charge in [-0.1, -0.05) is 17.7 Å². The number of carbonyl (C=O) groups excluding carboxylic acids is 1. The van der Waals surface area contributed by atoms with Crippen LogP contribution in [-0.2, 0) is 0 Å². The van der Waals surface area contributed by atoms with E-state index in [1.54, 1.807) is 23.5 Å². The maximum atomic E-state index is 12.4. The Hall–Kier alpha value is -0.640. The normalized spacial score (nSPS) is 10.6. The summed E-state index contributed by atoms with van der Waals surface area (Å²) in [5.74, 6) is 0.0319. The van der Waals surface area contributed by atoms with Crippen molar-refractivity contribution in [2.75, 3.05) is 0 Å². The number of hydrogen-bond donors (Lipinski definition) is 0. The predicted molar refractivity (Wildman–Crippen MR) is 76.4 cm³/mol. The van der Waals surface area contributed by atoms with Gasteiger partial charge in [-0.25, -0.2) is 0 Å². The fraction of sp³-hybridized carbons (Fsp3) is 0.154. The van der Waals surface area contributed by atoms with E-state index in [2.05, 4.69) is 15.9 Å². The van der Waals surface area contributed by atoms with E-state index in [0.717, 1.165) is 19.8 Å². The van der Waals surface area contributed by atoms with Crippen LogP contribution in [0.2, 0.25) is 5.02 Å². The summed E-state index contributed by atoms with van der Waals surface area (Å²) in [6.45, 7) is 3.86. The Labute approximate surface area is 118 Å². The molecule has 0 radical (unpaired) electrons. The molecular weight excluding hydrogens is 320 g/mol. The summed E-state index contributed by atoms with van der Waals surface area (Å²) >= 11 is 10.9. The maximum Gasteiger partial charge on any atom is 0.194 e. The van der Waals surface area contributed by atoms with Gasteiger partial charge in [0.2, 0.25) is 0 Å². The fourth-order valence-electron chi connectivity index (χ4n) is 1.66. The van der Waals surface area contributed by atoms with Gasteiger partial charge in [-0.2, -0.15) is 0 Å². The monoisotopic (exact) mass is 328 g/mol. The zero-order valence-electron chi connectivity index (χ0n) is 9.38. The molecule has 0 fully saturated rings. The van der Waals surface area contributed by atoms with E-state index < -0.39 is 0 Å². The summed E-state index contributed by atoms with van der Waals surface area (Å²) in [6.07, 6.45) is 0. The van der Waals surface area contributed by atoms with Gasteiger partial charge in [-0.3, -0.25) is 4.79 Å². The minimum atomic E-state index is 0.0319. The molecule has 1 nitrogen and oxygen atoms in total. The van der Waals surface area contributed by atoms with E-state index >= 15 is 0 Å². The number of ketones is 1. The van der Waals surface area contributed by atoms with Crippen LogP contribution in [0.1, 0.15) is 26.4 Å². The molecule has 0 atom stereocenters. The standard InChI is InChI=1S/C13H10BrClOS/c1-7-3-4-9(15)5-10(7)13(16)11-6-12(14)17-8(11)2/h3-6H,1-2H3. The van der Waals surface area contributed by atoms with Crippen molar-refractivity contribution in [1.82, 2.24) is 0 Å². The summed E-state index contributed by atoms with van der Waals surface area (Å²) < 4.78 is 0.970. The molecule has 1 aromatic heterocycles. The van der Waals surface area contributed by atoms with Gasteiger partial charge >= 0.3 is 0 Å². The van der Waals surface area contributed by atoms with Crippen molar-refractivity contribution in [1.29, 1.82) is 0 Å². The highest BCUT2D eigenvalue weighted by Gasteiger charge is 2.16. The van der Waals surface area contributed by atoms with Gasteiger partial charge in [0.15, 0.2) is 5.78 Å². The van der Waals surface area contributed by atoms with Crippen LogP contribution in [0.3, 0.4) is 0 Å². The summed E-state index contributed by atoms with van der Waals surface area (Å²) in [5, 5.41) is 0.589. The van der Waals surface area contributed by atoms with E-state index in [9.17, 15) is 4.79 Å². The number of halogens is 2. The topological polar surface area (TPSA) is 17.1 Å². The lowest BCUT2D eigenvalue weighted by Gasteiger charge is -2.05. The van der Waals surface area contributed by atoms with Gasteiger partial charge in [0.1, 0.15) is 0 Å². The first-order valence-corrected chi connectivity index (χ1v) is 7.04. The predicted octanol–water partition coefficient (Wildman–Crippen LogP) is 5.01. The molecule has 0 aliphatic carbocycles. The largest absolute Gasteiger partial charge is 0.289 e. The smallest absolute Gasteiger partial charge is 0.194 e. The SMILES string of the molecule is Cc1ccc(Cl)cc1C(=O)c1cc(Br)sc1C. The van der Waals surface area contributed by atoms with Crippen molar-refractivity contribution in [3.05, 3.63) is 54.6 Å². The van der Waals surface area contributed by atoms with Crippen LogP contribution in [-0.4, -0.2) is 5.78 Å². The Morgan fingerprint density at radius 1 is 1.24 bits per heavy atom. The molecule has 0 bridgehead atoms. The first kappa shape index (κ1) is 12.8. The number of aryl methyl sites for hydroxylation is 2. The van der Waals surface area contributed by atoms with E-state index in [-0.39, 0.29) is 5.78 Å². The van der Waals surface area contributed by atoms with Gasteiger partial charge in [-0.05, 0) is 53.5 Å². The maximum absolute atomic E-state index is 12.4. The molecule has 2 rings (SSSR count). The minimum absolute atomic E-state index is 0.0319. The zero-order valence-corrected chi connectivity index (χ0v) is 12.5. The molecule has 2 aromatic rings. The molecule has 0 saturated carbocycles. The van der Waals surface area contributed by atoms with Gasteiger partial charge < -0.3 is 0 Å². The van der Waals surface area contributed by atoms with Crippen molar-refractivity contribution < 1.29 is 4.79 Å². The minimum Gasteiger partial charge on any atom is -0.289 e. The van der Waals surface area contributed by atoms with Gasteiger partial charge in [0, 0.05) is 21.0 Å². The van der Waals surface area contributed by atoms with E-state index in [0.29, 0.717) is 10.6 Å². The summed E-state index contributed by atoms with van der Waals surface area (Å²) in [6, 6.07) is 7.25. The summed E-state index contributed by atoms with van der Waals surface area (Å²) in [5.41, 5.74) is 2.36. The molecule has 0 N–H and O–H groups in total. The molecule has 1 heterocycles. The van der Waals surface area contributed by atoms with E-state index in [1.165, 1.54) is 0 Å². The van der Waals surface area contributed by atoms with Crippen molar-refractivity contribution in [3.63, 3.8) is 0 Å². The molecule has 0 amide bonds. The molecule has 17 heavy (non-hydrogen) atoms. The molecule has 0 spiro atoms. The third kappa shape index (κ3) is 2.62. The number of carbonyl (C=O) groups is 1. The van der Waals surface area contributed by atoms with Crippen molar-refractivity contribution in [2.24, 2.45) is 0 Å². The van der Waals surface area contributed by atoms with Crippen molar-refractivity contribution in [3.8, 4) is 0 Å². The average Bonchev–Trinajstić information content (AvgIpc) is 2.60. The number of benzene rings is 1. The quantitative estimate of drug-likeness (QED) is 0.708. The molecular formula is C13H10BrClOS. The van der Waals surface area contributed by atoms with Gasteiger partial charge in [-0.15, -0.1) is 11.3 Å². The zero-order chi connectivity index (χ0) is 12.6. The van der Waals surface area contributed by atoms with Crippen LogP contribution in [0.25, 0.3) is 0 Å². The number of hydrogen-bond acceptors (Lipinski definition) is 2. The lowest BCUT2D eigenvalue weighted by Crippen LogP contribution is -2.03. The molecule has 0 unspecified atom stereocenters. The van der Waals surface area contributed by atoms with Gasteiger partial charge in [0.05, 0.1) is 3.79 Å². The summed E-state index contributed by atoms with van der Waals surface area (Å²) in [4.78, 5) is 13.4. The Morgan fingerprint density at radius 3 is 2.53 bits per heavy atom. The number of thiophene rings is 1. The molecule has 4 heteroatoms. The average molecular weight is 330 g/mol. The third-order valence-corrected chi connectivity index (χ3v) is 4.37. The lowest BCUT2D eigenvalue weighted by molar-refractivity contribution is 0.103. The first-order chi connectivity index (χ1) is 7.99. The Kier molecular flexibility index (Phi) is 3.71. The Balaban J connectivity index is 2.50. The van der Waals surface area contributed by atoms with Gasteiger partial charge in [0.25, 0.3) is 0 Å². The second-order valence-electron chi connectivity index (χ2n) is 3.81. The molecule has 88 valence electrons. The van der Waals surface area contributed by atoms with Crippen LogP contribution in [0, 0.1) is 13.8 Å². The second kappa shape index (κ2) is 4.92. The Bertz CT molecular complexity index is 589. The Morgan fingerprint density at radius 2 is 1.94 bits per heavy atom. The van der Waals surface area contributed by atoms with E-state index in [4.69, 9.17) is 11.6 Å². The highest BCUT2D eigenvalue weighted by molar-refractivity contribution is 9.11. The summed E-state index contributed by atoms with van der Waals surface area (Å²) in [7, 11) is 0. The van der Waals surface area contributed by atoms with E-state index in [1.807, 2.05) is 26.0 Å². The fourth-order valence-corrected chi connectivity index (χ4v) is 3.52. The molecule has 0 aliphatic rings. The first-order valence-electron chi connectivity index (χ1n) is 5.06. The van der Waals surface area contributed by atoms with Crippen LogP contribution in [0.4, 0.5) is 0 Å². The number of rotatable bonds is 2. The molecule has 1 aromatic carbocycles. The highest BCUT2D eigenvalue weighted by Crippen LogP contribution is 2.29. The van der Waals surface area contributed by atoms with Crippen LogP contribution >= 0.6 is 38.9 Å². The van der Waals surface area contributed by atoms with Crippen molar-refractivity contribution >= 4 is 44.7 Å². The van der Waals surface area contributed by atoms with Crippen LogP contribution < -0.4 is 0 Å². The third-order valence-electron chi connectivity index (χ3n) is 2.58. The molecule has 0 saturated heterocycles. The van der Waals surface area contributed by atoms with Crippen molar-refractivity contribution in [2.45, 2.75) is 13.8 Å². The second-order valence-corrected chi connectivity index (χ2v) is 6.88. The van der Waals surface area contributed by atoms with Crippen LogP contribution in [0.15, 0.2) is 28.1 Å². The lowest BCUT2D eigenvalue weighted by atomic mass is 10.00. The van der Waals surface area contributed by atoms with Crippen LogP contribution in [0.5, 0.6) is 0 Å². The molecule has 0 aliphatic heterocycles. The highest BCUT2D eigenvalue weighted by atomic mass is 79.9.